The van der Waals surface area contributed by atoms with E-state index in [1.54, 1.807) is 5.38 Å². The number of anilines is 1. The summed E-state index contributed by atoms with van der Waals surface area (Å²) in [7, 11) is 0. The summed E-state index contributed by atoms with van der Waals surface area (Å²) < 4.78 is 5.26. The van der Waals surface area contributed by atoms with E-state index in [2.05, 4.69) is 15.2 Å². The van der Waals surface area contributed by atoms with Crippen molar-refractivity contribution >= 4 is 28.2 Å². The molecule has 0 fully saturated rings. The average molecular weight is 214 g/mol. The van der Waals surface area contributed by atoms with Crippen molar-refractivity contribution in [2.24, 2.45) is 0 Å². The van der Waals surface area contributed by atoms with Crippen molar-refractivity contribution in [2.45, 2.75) is 5.22 Å². The first-order chi connectivity index (χ1) is 6.29. The van der Waals surface area contributed by atoms with Crippen molar-refractivity contribution in [3.8, 4) is 11.6 Å². The summed E-state index contributed by atoms with van der Waals surface area (Å²) in [4.78, 5) is 4.02. The minimum atomic E-state index is 0.414. The van der Waals surface area contributed by atoms with Crippen LogP contribution < -0.4 is 5.73 Å². The summed E-state index contributed by atoms with van der Waals surface area (Å²) in [6.45, 7) is 0. The highest BCUT2D eigenvalue weighted by molar-refractivity contribution is 7.98. The Hall–Kier alpha value is -1.08. The van der Waals surface area contributed by atoms with E-state index in [0.717, 1.165) is 0 Å². The third-order valence-corrected chi connectivity index (χ3v) is 2.51. The maximum Gasteiger partial charge on any atom is 0.276 e. The van der Waals surface area contributed by atoms with Crippen LogP contribution in [0.15, 0.2) is 15.0 Å². The molecule has 2 heterocycles. The zero-order valence-corrected chi connectivity index (χ0v) is 8.35. The Morgan fingerprint density at radius 2 is 2.38 bits per heavy atom. The van der Waals surface area contributed by atoms with E-state index in [4.69, 9.17) is 10.2 Å². The van der Waals surface area contributed by atoms with Gasteiger partial charge in [0.25, 0.3) is 11.1 Å². The molecule has 2 N–H and O–H groups in total. The fourth-order valence-electron chi connectivity index (χ4n) is 0.782. The van der Waals surface area contributed by atoms with E-state index in [-0.39, 0.29) is 0 Å². The highest BCUT2D eigenvalue weighted by atomic mass is 32.2. The molecule has 0 bridgehead atoms. The molecular weight excluding hydrogens is 208 g/mol. The van der Waals surface area contributed by atoms with Crippen molar-refractivity contribution in [3.63, 3.8) is 0 Å². The maximum absolute atomic E-state index is 5.47. The number of nitrogens with zero attached hydrogens (tertiary/aromatic N) is 3. The smallest absolute Gasteiger partial charge is 0.276 e. The summed E-state index contributed by atoms with van der Waals surface area (Å²) >= 11 is 2.74. The number of rotatable bonds is 2. The second kappa shape index (κ2) is 3.35. The molecule has 0 aliphatic rings. The van der Waals surface area contributed by atoms with Crippen LogP contribution in [0.1, 0.15) is 0 Å². The van der Waals surface area contributed by atoms with Crippen LogP contribution in [-0.2, 0) is 0 Å². The molecule has 7 heteroatoms. The summed E-state index contributed by atoms with van der Waals surface area (Å²) in [6, 6.07) is 0. The van der Waals surface area contributed by atoms with Gasteiger partial charge in [0, 0.05) is 5.38 Å². The van der Waals surface area contributed by atoms with Crippen LogP contribution in [0.2, 0.25) is 0 Å². The third kappa shape index (κ3) is 1.65. The second-order valence-corrected chi connectivity index (χ2v) is 3.80. The molecular formula is C6H6N4OS2. The minimum absolute atomic E-state index is 0.414. The Labute approximate surface area is 82.4 Å². The summed E-state index contributed by atoms with van der Waals surface area (Å²) in [6.07, 6.45) is 1.87. The SMILES string of the molecule is CSc1nnc(-c2csc(N)n2)o1. The molecule has 2 aromatic rings. The number of aromatic nitrogens is 3. The molecule has 0 atom stereocenters. The van der Waals surface area contributed by atoms with Gasteiger partial charge in [-0.25, -0.2) is 4.98 Å². The molecule has 68 valence electrons. The number of nitrogens with two attached hydrogens (primary N) is 1. The second-order valence-electron chi connectivity index (χ2n) is 2.15. The Morgan fingerprint density at radius 3 is 2.92 bits per heavy atom. The predicted octanol–water partition coefficient (Wildman–Crippen LogP) is 1.50. The normalized spacial score (nSPS) is 10.5. The van der Waals surface area contributed by atoms with Gasteiger partial charge in [0.15, 0.2) is 5.13 Å². The number of nitrogen functional groups attached to an aromatic ring is 1. The van der Waals surface area contributed by atoms with Gasteiger partial charge in [-0.3, -0.25) is 0 Å². The van der Waals surface area contributed by atoms with Gasteiger partial charge in [0.05, 0.1) is 0 Å². The fourth-order valence-corrected chi connectivity index (χ4v) is 1.60. The zero-order chi connectivity index (χ0) is 9.26. The summed E-state index contributed by atoms with van der Waals surface area (Å²) in [5, 5.41) is 10.4. The van der Waals surface area contributed by atoms with Crippen molar-refractivity contribution in [2.75, 3.05) is 12.0 Å². The van der Waals surface area contributed by atoms with Crippen LogP contribution in [0, 0.1) is 0 Å². The van der Waals surface area contributed by atoms with E-state index >= 15 is 0 Å². The molecule has 13 heavy (non-hydrogen) atoms. The van der Waals surface area contributed by atoms with E-state index in [0.29, 0.717) is 21.9 Å². The minimum Gasteiger partial charge on any atom is -0.410 e. The molecule has 0 spiro atoms. The first-order valence-electron chi connectivity index (χ1n) is 3.38. The zero-order valence-electron chi connectivity index (χ0n) is 6.72. The number of hydrogen-bond acceptors (Lipinski definition) is 7. The van der Waals surface area contributed by atoms with E-state index in [1.165, 1.54) is 23.1 Å². The molecule has 0 aliphatic heterocycles. The van der Waals surface area contributed by atoms with Gasteiger partial charge < -0.3 is 10.2 Å². The van der Waals surface area contributed by atoms with Gasteiger partial charge in [0.1, 0.15) is 5.69 Å². The van der Waals surface area contributed by atoms with Gasteiger partial charge in [-0.2, -0.15) is 0 Å². The Morgan fingerprint density at radius 1 is 1.54 bits per heavy atom. The van der Waals surface area contributed by atoms with Gasteiger partial charge >= 0.3 is 0 Å². The Bertz CT molecular complexity index is 410. The number of thioether (sulfide) groups is 1. The molecule has 0 saturated heterocycles. The lowest BCUT2D eigenvalue weighted by Crippen LogP contribution is -1.82. The number of thiazole rings is 1. The molecule has 0 radical (unpaired) electrons. The highest BCUT2D eigenvalue weighted by Gasteiger charge is 2.10. The molecule has 0 aliphatic carbocycles. The van der Waals surface area contributed by atoms with Crippen LogP contribution in [0.3, 0.4) is 0 Å². The molecule has 5 nitrogen and oxygen atoms in total. The molecule has 2 rings (SSSR count). The van der Waals surface area contributed by atoms with E-state index in [1.807, 2.05) is 6.26 Å². The Kier molecular flexibility index (Phi) is 2.19. The van der Waals surface area contributed by atoms with Crippen LogP contribution in [0.25, 0.3) is 11.6 Å². The first-order valence-corrected chi connectivity index (χ1v) is 5.49. The average Bonchev–Trinajstić information content (AvgIpc) is 2.71. The number of hydrogen-bond donors (Lipinski definition) is 1. The van der Waals surface area contributed by atoms with Crippen molar-refractivity contribution in [1.29, 1.82) is 0 Å². The molecule has 0 amide bonds. The monoisotopic (exact) mass is 214 g/mol. The van der Waals surface area contributed by atoms with E-state index in [9.17, 15) is 0 Å². The third-order valence-electron chi connectivity index (χ3n) is 1.32. The fraction of sp³-hybridized carbons (Fsp3) is 0.167. The van der Waals surface area contributed by atoms with Crippen molar-refractivity contribution in [1.82, 2.24) is 15.2 Å². The first kappa shape index (κ1) is 8.52. The van der Waals surface area contributed by atoms with E-state index < -0.39 is 0 Å². The van der Waals surface area contributed by atoms with Crippen molar-refractivity contribution < 1.29 is 4.42 Å². The molecule has 0 aromatic carbocycles. The van der Waals surface area contributed by atoms with Crippen LogP contribution in [-0.4, -0.2) is 21.4 Å². The standard InChI is InChI=1S/C6H6N4OS2/c1-12-6-10-9-4(11-6)3-2-13-5(7)8-3/h2H,1H3,(H2,7,8). The molecule has 0 unspecified atom stereocenters. The van der Waals surface area contributed by atoms with Gasteiger partial charge in [0.2, 0.25) is 0 Å². The largest absolute Gasteiger partial charge is 0.410 e. The van der Waals surface area contributed by atoms with Crippen LogP contribution >= 0.6 is 23.1 Å². The predicted molar refractivity (Wildman–Crippen MR) is 51.6 cm³/mol. The van der Waals surface area contributed by atoms with Crippen molar-refractivity contribution in [3.05, 3.63) is 5.38 Å². The van der Waals surface area contributed by atoms with Crippen LogP contribution in [0.4, 0.5) is 5.13 Å². The molecule has 2 aromatic heterocycles. The van der Waals surface area contributed by atoms with Gasteiger partial charge in [-0.1, -0.05) is 11.8 Å². The topological polar surface area (TPSA) is 77.8 Å². The lowest BCUT2D eigenvalue weighted by molar-refractivity contribution is 0.465. The summed E-state index contributed by atoms with van der Waals surface area (Å²) in [5.41, 5.74) is 6.10. The van der Waals surface area contributed by atoms with Gasteiger partial charge in [-0.15, -0.1) is 21.5 Å². The lowest BCUT2D eigenvalue weighted by atomic mass is 10.5. The quantitative estimate of drug-likeness (QED) is 0.763. The maximum atomic E-state index is 5.47. The Balaban J connectivity index is 2.35. The highest BCUT2D eigenvalue weighted by Crippen LogP contribution is 2.23. The lowest BCUT2D eigenvalue weighted by Gasteiger charge is -1.84. The summed E-state index contributed by atoms with van der Waals surface area (Å²) in [5.74, 6) is 0.414. The molecule has 0 saturated carbocycles. The van der Waals surface area contributed by atoms with Gasteiger partial charge in [-0.05, 0) is 6.26 Å². The van der Waals surface area contributed by atoms with Crippen LogP contribution in [0.5, 0.6) is 0 Å².